The summed E-state index contributed by atoms with van der Waals surface area (Å²) in [5, 5.41) is 8.95. The van der Waals surface area contributed by atoms with E-state index < -0.39 is 5.97 Å². The van der Waals surface area contributed by atoms with Crippen molar-refractivity contribution in [2.75, 3.05) is 0 Å². The van der Waals surface area contributed by atoms with Gasteiger partial charge in [0.25, 0.3) is 0 Å². The number of hydrogen-bond acceptors (Lipinski definition) is 4. The largest absolute Gasteiger partial charge is 0.489 e. The molecule has 0 aliphatic carbocycles. The average molecular weight is 258 g/mol. The van der Waals surface area contributed by atoms with Gasteiger partial charge in [0.15, 0.2) is 0 Å². The van der Waals surface area contributed by atoms with Crippen molar-refractivity contribution in [2.24, 2.45) is 0 Å². The molecule has 0 unspecified atom stereocenters. The van der Waals surface area contributed by atoms with Gasteiger partial charge >= 0.3 is 5.97 Å². The zero-order valence-electron chi connectivity index (χ0n) is 10.7. The summed E-state index contributed by atoms with van der Waals surface area (Å²) in [7, 11) is 0. The van der Waals surface area contributed by atoms with Crippen molar-refractivity contribution in [3.63, 3.8) is 0 Å². The van der Waals surface area contributed by atoms with Gasteiger partial charge in [0.1, 0.15) is 5.75 Å². The van der Waals surface area contributed by atoms with Gasteiger partial charge < -0.3 is 9.84 Å². The van der Waals surface area contributed by atoms with E-state index in [4.69, 9.17) is 9.84 Å². The molecule has 0 fully saturated rings. The Morgan fingerprint density at radius 1 is 1.11 bits per heavy atom. The van der Waals surface area contributed by atoms with Gasteiger partial charge in [-0.15, -0.1) is 0 Å². The molecule has 0 saturated carbocycles. The number of carboxylic acid groups (broad SMARTS) is 1. The summed E-state index contributed by atoms with van der Waals surface area (Å²) < 4.78 is 5.55. The maximum atomic E-state index is 10.9. The molecule has 0 amide bonds. The molecule has 1 N–H and O–H groups in total. The van der Waals surface area contributed by atoms with Crippen LogP contribution in [0.3, 0.4) is 0 Å². The van der Waals surface area contributed by atoms with Crippen molar-refractivity contribution in [1.82, 2.24) is 9.97 Å². The van der Waals surface area contributed by atoms with Crippen LogP contribution in [-0.2, 0) is 0 Å². The summed E-state index contributed by atoms with van der Waals surface area (Å²) in [5.41, 5.74) is 1.61. The second kappa shape index (κ2) is 5.48. The first-order valence-electron chi connectivity index (χ1n) is 5.86. The van der Waals surface area contributed by atoms with Crippen LogP contribution in [0.2, 0.25) is 0 Å². The standard InChI is InChI=1S/C14H14N2O3/c1-9(2)19-13-4-11(6-16-8-13)10-3-12(14(17)18)7-15-5-10/h3-9H,1-2H3,(H,17,18). The lowest BCUT2D eigenvalue weighted by molar-refractivity contribution is 0.0696. The highest BCUT2D eigenvalue weighted by Gasteiger charge is 2.07. The molecule has 2 aromatic heterocycles. The van der Waals surface area contributed by atoms with Crippen LogP contribution in [0.15, 0.2) is 36.9 Å². The lowest BCUT2D eigenvalue weighted by Crippen LogP contribution is -2.05. The predicted octanol–water partition coefficient (Wildman–Crippen LogP) is 2.63. The molecule has 0 spiro atoms. The van der Waals surface area contributed by atoms with Gasteiger partial charge in [-0.25, -0.2) is 4.79 Å². The Hall–Kier alpha value is -2.43. The fourth-order valence-electron chi connectivity index (χ4n) is 1.63. The molecular weight excluding hydrogens is 244 g/mol. The number of nitrogens with zero attached hydrogens (tertiary/aromatic N) is 2. The highest BCUT2D eigenvalue weighted by Crippen LogP contribution is 2.23. The summed E-state index contributed by atoms with van der Waals surface area (Å²) >= 11 is 0. The molecule has 0 aromatic carbocycles. The SMILES string of the molecule is CC(C)Oc1cncc(-c2cncc(C(=O)O)c2)c1. The zero-order chi connectivity index (χ0) is 13.8. The fraction of sp³-hybridized carbons (Fsp3) is 0.214. The Kier molecular flexibility index (Phi) is 3.75. The minimum absolute atomic E-state index is 0.0560. The van der Waals surface area contributed by atoms with E-state index in [0.29, 0.717) is 11.3 Å². The molecule has 0 saturated heterocycles. The topological polar surface area (TPSA) is 72.3 Å². The Bertz CT molecular complexity index is 597. The third-order valence-electron chi connectivity index (χ3n) is 2.40. The minimum Gasteiger partial charge on any atom is -0.489 e. The minimum atomic E-state index is -1.00. The van der Waals surface area contributed by atoms with Crippen molar-refractivity contribution < 1.29 is 14.6 Å². The van der Waals surface area contributed by atoms with Crippen LogP contribution in [0.5, 0.6) is 5.75 Å². The molecule has 0 atom stereocenters. The number of hydrogen-bond donors (Lipinski definition) is 1. The van der Waals surface area contributed by atoms with E-state index in [1.807, 2.05) is 19.9 Å². The summed E-state index contributed by atoms with van der Waals surface area (Å²) in [5.74, 6) is -0.356. The second-order valence-corrected chi connectivity index (χ2v) is 4.34. The van der Waals surface area contributed by atoms with Crippen LogP contribution < -0.4 is 4.74 Å². The van der Waals surface area contributed by atoms with E-state index in [9.17, 15) is 4.79 Å². The predicted molar refractivity (Wildman–Crippen MR) is 70.2 cm³/mol. The highest BCUT2D eigenvalue weighted by atomic mass is 16.5. The van der Waals surface area contributed by atoms with Gasteiger partial charge in [-0.3, -0.25) is 9.97 Å². The molecule has 5 nitrogen and oxygen atoms in total. The number of carboxylic acids is 1. The fourth-order valence-corrected chi connectivity index (χ4v) is 1.63. The normalized spacial score (nSPS) is 10.5. The molecule has 2 heterocycles. The van der Waals surface area contributed by atoms with Crippen LogP contribution in [0.4, 0.5) is 0 Å². The summed E-state index contributed by atoms with van der Waals surface area (Å²) in [6, 6.07) is 3.38. The smallest absolute Gasteiger partial charge is 0.337 e. The molecule has 0 radical (unpaired) electrons. The Morgan fingerprint density at radius 3 is 2.37 bits per heavy atom. The van der Waals surface area contributed by atoms with Crippen LogP contribution in [-0.4, -0.2) is 27.1 Å². The molecule has 19 heavy (non-hydrogen) atoms. The third-order valence-corrected chi connectivity index (χ3v) is 2.40. The van der Waals surface area contributed by atoms with E-state index in [1.165, 1.54) is 6.20 Å². The molecule has 98 valence electrons. The van der Waals surface area contributed by atoms with Crippen LogP contribution in [0.1, 0.15) is 24.2 Å². The van der Waals surface area contributed by atoms with Crippen molar-refractivity contribution in [1.29, 1.82) is 0 Å². The zero-order valence-corrected chi connectivity index (χ0v) is 10.7. The molecular formula is C14H14N2O3. The average Bonchev–Trinajstić information content (AvgIpc) is 2.38. The first kappa shape index (κ1) is 13.0. The molecule has 5 heteroatoms. The number of pyridine rings is 2. The number of carbonyl (C=O) groups is 1. The Labute approximate surface area is 110 Å². The number of rotatable bonds is 4. The lowest BCUT2D eigenvalue weighted by Gasteiger charge is -2.10. The Balaban J connectivity index is 2.36. The van der Waals surface area contributed by atoms with Crippen LogP contribution in [0.25, 0.3) is 11.1 Å². The van der Waals surface area contributed by atoms with Gasteiger partial charge in [-0.05, 0) is 26.0 Å². The molecule has 0 aliphatic heterocycles. The van der Waals surface area contributed by atoms with E-state index in [-0.39, 0.29) is 11.7 Å². The maximum absolute atomic E-state index is 10.9. The number of ether oxygens (including phenoxy) is 1. The van der Waals surface area contributed by atoms with Crippen LogP contribution >= 0.6 is 0 Å². The third kappa shape index (κ3) is 3.28. The first-order valence-corrected chi connectivity index (χ1v) is 5.86. The molecule has 0 aliphatic rings. The van der Waals surface area contributed by atoms with E-state index >= 15 is 0 Å². The monoisotopic (exact) mass is 258 g/mol. The molecule has 0 bridgehead atoms. The quantitative estimate of drug-likeness (QED) is 0.912. The summed E-state index contributed by atoms with van der Waals surface area (Å²) in [6.45, 7) is 3.86. The van der Waals surface area contributed by atoms with E-state index in [0.717, 1.165) is 5.56 Å². The number of aromatic carboxylic acids is 1. The maximum Gasteiger partial charge on any atom is 0.337 e. The second-order valence-electron chi connectivity index (χ2n) is 4.34. The van der Waals surface area contributed by atoms with E-state index in [1.54, 1.807) is 24.7 Å². The van der Waals surface area contributed by atoms with Gasteiger partial charge in [-0.1, -0.05) is 0 Å². The number of aromatic nitrogens is 2. The van der Waals surface area contributed by atoms with Crippen molar-refractivity contribution >= 4 is 5.97 Å². The lowest BCUT2D eigenvalue weighted by atomic mass is 10.1. The van der Waals surface area contributed by atoms with E-state index in [2.05, 4.69) is 9.97 Å². The van der Waals surface area contributed by atoms with Crippen molar-refractivity contribution in [3.8, 4) is 16.9 Å². The molecule has 2 rings (SSSR count). The van der Waals surface area contributed by atoms with Crippen molar-refractivity contribution in [3.05, 3.63) is 42.5 Å². The van der Waals surface area contributed by atoms with Crippen LogP contribution in [0, 0.1) is 0 Å². The Morgan fingerprint density at radius 2 is 1.74 bits per heavy atom. The summed E-state index contributed by atoms with van der Waals surface area (Å²) in [4.78, 5) is 18.9. The van der Waals surface area contributed by atoms with Crippen molar-refractivity contribution in [2.45, 2.75) is 20.0 Å². The van der Waals surface area contributed by atoms with Gasteiger partial charge in [0.2, 0.25) is 0 Å². The van der Waals surface area contributed by atoms with Gasteiger partial charge in [0, 0.05) is 29.7 Å². The summed E-state index contributed by atoms with van der Waals surface area (Å²) in [6.07, 6.45) is 6.24. The first-order chi connectivity index (χ1) is 9.06. The van der Waals surface area contributed by atoms with Gasteiger partial charge in [0.05, 0.1) is 17.9 Å². The molecule has 2 aromatic rings. The van der Waals surface area contributed by atoms with Gasteiger partial charge in [-0.2, -0.15) is 0 Å². The highest BCUT2D eigenvalue weighted by molar-refractivity contribution is 5.88.